The molecule has 0 saturated heterocycles. The quantitative estimate of drug-likeness (QED) is 0.573. The lowest BCUT2D eigenvalue weighted by molar-refractivity contribution is 0.313. The van der Waals surface area contributed by atoms with Gasteiger partial charge in [-0.3, -0.25) is 0 Å². The molecule has 1 atom stereocenters. The molecule has 1 aromatic carbocycles. The number of rotatable bonds is 0. The average Bonchev–Trinajstić information content (AvgIpc) is 2.21. The number of fused-ring (bicyclic) bond motifs is 1. The lowest BCUT2D eigenvalue weighted by Crippen LogP contribution is -2.26. The molecule has 2 rings (SSSR count). The molecule has 0 spiro atoms. The maximum Gasteiger partial charge on any atom is 0.0233 e. The summed E-state index contributed by atoms with van der Waals surface area (Å²) < 4.78 is 0. The summed E-state index contributed by atoms with van der Waals surface area (Å²) in [7, 11) is 4.59. The molecule has 0 amide bonds. The third-order valence-electron chi connectivity index (χ3n) is 2.32. The molecule has 0 aliphatic carbocycles. The third kappa shape index (κ3) is 2.79. The van der Waals surface area contributed by atoms with Crippen molar-refractivity contribution in [2.24, 2.45) is 0 Å². The normalized spacial score (nSPS) is 15.6. The second-order valence-electron chi connectivity index (χ2n) is 3.26. The predicted molar refractivity (Wildman–Crippen MR) is 62.1 cm³/mol. The van der Waals surface area contributed by atoms with Crippen molar-refractivity contribution in [3.8, 4) is 0 Å². The largest absolute Gasteiger partial charge is 0.302 e. The Balaban J connectivity index is 0.000000396. The van der Waals surface area contributed by atoms with Crippen LogP contribution in [0.25, 0.3) is 0 Å². The molecule has 0 fully saturated rings. The first-order valence-corrected chi connectivity index (χ1v) is 5.85. The van der Waals surface area contributed by atoms with E-state index in [1.165, 1.54) is 24.1 Å². The molecule has 72 valence electrons. The molecule has 13 heavy (non-hydrogen) atoms. The topological polar surface area (TPSA) is 3.24 Å². The Labute approximate surface area is 83.3 Å². The van der Waals surface area contributed by atoms with Crippen molar-refractivity contribution < 1.29 is 0 Å². The maximum atomic E-state index is 2.42. The van der Waals surface area contributed by atoms with E-state index in [1.54, 1.807) is 0 Å². The van der Waals surface area contributed by atoms with E-state index in [0.29, 0.717) is 0 Å². The van der Waals surface area contributed by atoms with Crippen LogP contribution < -0.4 is 0 Å². The van der Waals surface area contributed by atoms with Crippen molar-refractivity contribution in [2.75, 3.05) is 20.3 Å². The third-order valence-corrected chi connectivity index (χ3v) is 2.32. The van der Waals surface area contributed by atoms with E-state index in [2.05, 4.69) is 45.5 Å². The van der Waals surface area contributed by atoms with Gasteiger partial charge in [-0.1, -0.05) is 30.9 Å². The van der Waals surface area contributed by atoms with E-state index in [1.807, 2.05) is 6.66 Å². The van der Waals surface area contributed by atoms with Gasteiger partial charge in [0.05, 0.1) is 0 Å². The molecule has 2 heteroatoms. The van der Waals surface area contributed by atoms with Crippen LogP contribution in [0.1, 0.15) is 11.1 Å². The fraction of sp³-hybridized carbons (Fsp3) is 0.455. The monoisotopic (exact) mass is 195 g/mol. The van der Waals surface area contributed by atoms with Crippen molar-refractivity contribution in [1.29, 1.82) is 0 Å². The standard InChI is InChI=1S/C10H13N.CH5P/c1-11-7-6-9-4-2-3-5-10(9)8-11;1-2/h2-5H,6-8H2,1H3;2H2,1H3. The summed E-state index contributed by atoms with van der Waals surface area (Å²) in [5.74, 6) is 0. The van der Waals surface area contributed by atoms with Crippen LogP contribution in [-0.2, 0) is 13.0 Å². The molecule has 1 unspecified atom stereocenters. The van der Waals surface area contributed by atoms with Crippen LogP contribution in [-0.4, -0.2) is 25.2 Å². The zero-order valence-corrected chi connectivity index (χ0v) is 9.61. The number of benzene rings is 1. The predicted octanol–water partition coefficient (Wildman–Crippen LogP) is 2.17. The highest BCUT2D eigenvalue weighted by molar-refractivity contribution is 7.15. The molecule has 1 heterocycles. The van der Waals surface area contributed by atoms with Crippen LogP contribution in [0.15, 0.2) is 24.3 Å². The summed E-state index contributed by atoms with van der Waals surface area (Å²) in [6, 6.07) is 8.72. The summed E-state index contributed by atoms with van der Waals surface area (Å²) in [4.78, 5) is 2.36. The van der Waals surface area contributed by atoms with E-state index in [-0.39, 0.29) is 0 Å². The van der Waals surface area contributed by atoms with Gasteiger partial charge in [-0.15, -0.1) is 9.24 Å². The van der Waals surface area contributed by atoms with Crippen molar-refractivity contribution >= 4 is 9.24 Å². The Morgan fingerprint density at radius 1 is 1.15 bits per heavy atom. The number of likely N-dealkylation sites (N-methyl/N-ethyl adjacent to an activating group) is 1. The van der Waals surface area contributed by atoms with Gasteiger partial charge >= 0.3 is 0 Å². The summed E-state index contributed by atoms with van der Waals surface area (Å²) >= 11 is 0. The minimum atomic E-state index is 1.12. The molecular weight excluding hydrogens is 177 g/mol. The zero-order valence-electron chi connectivity index (χ0n) is 8.46. The van der Waals surface area contributed by atoms with E-state index in [4.69, 9.17) is 0 Å². The molecule has 1 nitrogen and oxygen atoms in total. The lowest BCUT2D eigenvalue weighted by atomic mass is 10.0. The summed E-state index contributed by atoms with van der Waals surface area (Å²) in [6.07, 6.45) is 1.21. The molecule has 0 radical (unpaired) electrons. The Morgan fingerprint density at radius 2 is 1.77 bits per heavy atom. The van der Waals surface area contributed by atoms with Crippen molar-refractivity contribution in [3.05, 3.63) is 35.4 Å². The van der Waals surface area contributed by atoms with Gasteiger partial charge < -0.3 is 4.90 Å². The van der Waals surface area contributed by atoms with Crippen LogP contribution in [0.5, 0.6) is 0 Å². The minimum Gasteiger partial charge on any atom is -0.302 e. The summed E-state index contributed by atoms with van der Waals surface area (Å²) in [5, 5.41) is 0. The van der Waals surface area contributed by atoms with Gasteiger partial charge in [-0.05, 0) is 24.6 Å². The fourth-order valence-electron chi connectivity index (χ4n) is 1.64. The van der Waals surface area contributed by atoms with Gasteiger partial charge in [0.25, 0.3) is 0 Å². The van der Waals surface area contributed by atoms with Gasteiger partial charge in [0.1, 0.15) is 0 Å². The highest BCUT2D eigenvalue weighted by Crippen LogP contribution is 2.16. The first-order chi connectivity index (χ1) is 6.36. The number of nitrogens with zero attached hydrogens (tertiary/aromatic N) is 1. The molecule has 0 aromatic heterocycles. The number of hydrogen-bond acceptors (Lipinski definition) is 1. The Hall–Kier alpha value is -0.390. The van der Waals surface area contributed by atoms with E-state index < -0.39 is 0 Å². The molecule has 1 aromatic rings. The van der Waals surface area contributed by atoms with Crippen LogP contribution >= 0.6 is 9.24 Å². The van der Waals surface area contributed by atoms with E-state index in [9.17, 15) is 0 Å². The second-order valence-corrected chi connectivity index (χ2v) is 3.26. The van der Waals surface area contributed by atoms with Gasteiger partial charge in [0, 0.05) is 13.1 Å². The molecule has 0 saturated carbocycles. The molecular formula is C11H18NP. The average molecular weight is 195 g/mol. The van der Waals surface area contributed by atoms with Crippen molar-refractivity contribution in [3.63, 3.8) is 0 Å². The van der Waals surface area contributed by atoms with Crippen LogP contribution in [0.3, 0.4) is 0 Å². The van der Waals surface area contributed by atoms with Crippen molar-refractivity contribution in [2.45, 2.75) is 13.0 Å². The highest BCUT2D eigenvalue weighted by Gasteiger charge is 2.10. The van der Waals surface area contributed by atoms with Gasteiger partial charge in [0.15, 0.2) is 0 Å². The van der Waals surface area contributed by atoms with Crippen molar-refractivity contribution in [1.82, 2.24) is 4.90 Å². The summed E-state index contributed by atoms with van der Waals surface area (Å²) in [5.41, 5.74) is 3.03. The van der Waals surface area contributed by atoms with E-state index in [0.717, 1.165) is 6.54 Å². The van der Waals surface area contributed by atoms with Crippen LogP contribution in [0, 0.1) is 0 Å². The van der Waals surface area contributed by atoms with Gasteiger partial charge in [-0.25, -0.2) is 0 Å². The molecule has 1 aliphatic rings. The summed E-state index contributed by atoms with van der Waals surface area (Å²) in [6.45, 7) is 4.24. The first kappa shape index (κ1) is 10.7. The Kier molecular flexibility index (Phi) is 4.41. The highest BCUT2D eigenvalue weighted by atomic mass is 31.0. The smallest absolute Gasteiger partial charge is 0.0233 e. The molecule has 0 N–H and O–H groups in total. The SMILES string of the molecule is CN1CCc2ccccc2C1.CP. The van der Waals surface area contributed by atoms with Crippen LogP contribution in [0.2, 0.25) is 0 Å². The molecule has 0 bridgehead atoms. The second kappa shape index (κ2) is 5.36. The van der Waals surface area contributed by atoms with Gasteiger partial charge in [-0.2, -0.15) is 0 Å². The zero-order chi connectivity index (χ0) is 9.68. The minimum absolute atomic E-state index is 1.12. The Bertz CT molecular complexity index is 260. The van der Waals surface area contributed by atoms with Crippen LogP contribution in [0.4, 0.5) is 0 Å². The maximum absolute atomic E-state index is 2.42. The number of hydrogen-bond donors (Lipinski definition) is 0. The molecule has 1 aliphatic heterocycles. The first-order valence-electron chi connectivity index (χ1n) is 4.69. The fourth-order valence-corrected chi connectivity index (χ4v) is 1.64. The Morgan fingerprint density at radius 3 is 2.46 bits per heavy atom. The lowest BCUT2D eigenvalue weighted by Gasteiger charge is -2.24. The van der Waals surface area contributed by atoms with E-state index >= 15 is 0 Å². The van der Waals surface area contributed by atoms with Gasteiger partial charge in [0.2, 0.25) is 0 Å².